The molecule has 1 fully saturated rings. The number of nitrogens with one attached hydrogen (secondary N) is 2. The Morgan fingerprint density at radius 1 is 1.42 bits per heavy atom. The van der Waals surface area contributed by atoms with Crippen molar-refractivity contribution < 1.29 is 8.42 Å². The van der Waals surface area contributed by atoms with Crippen molar-refractivity contribution >= 4 is 27.5 Å². The molecule has 1 aromatic heterocycles. The normalized spacial score (nSPS) is 23.5. The first-order valence-electron chi connectivity index (χ1n) is 6.23. The van der Waals surface area contributed by atoms with Crippen molar-refractivity contribution in [3.8, 4) is 0 Å². The molecular weight excluding hydrogens is 282 g/mol. The molecule has 0 saturated heterocycles. The predicted molar refractivity (Wildman–Crippen MR) is 79.0 cm³/mol. The summed E-state index contributed by atoms with van der Waals surface area (Å²) in [5, 5.41) is 3.44. The van der Waals surface area contributed by atoms with Crippen molar-refractivity contribution in [2.75, 3.05) is 18.6 Å². The van der Waals surface area contributed by atoms with Crippen LogP contribution in [0, 0.1) is 0 Å². The molecule has 1 heterocycles. The lowest BCUT2D eigenvalue weighted by molar-refractivity contribution is 0.552. The van der Waals surface area contributed by atoms with Gasteiger partial charge in [0.25, 0.3) is 0 Å². The molecule has 0 aliphatic heterocycles. The minimum absolute atomic E-state index is 0.0346. The number of aromatic nitrogens is 1. The molecule has 0 aromatic carbocycles. The third-order valence-corrected chi connectivity index (χ3v) is 6.03. The van der Waals surface area contributed by atoms with Crippen LogP contribution in [-0.2, 0) is 10.0 Å². The average molecular weight is 301 g/mol. The molecule has 0 radical (unpaired) electrons. The Labute approximate surface area is 118 Å². The number of pyridine rings is 1. The van der Waals surface area contributed by atoms with Crippen molar-refractivity contribution in [3.05, 3.63) is 18.5 Å². The molecule has 0 spiro atoms. The SMILES string of the molecule is CNc1ccncc1S(=O)(=O)NC1CCC(SC)C1. The van der Waals surface area contributed by atoms with Gasteiger partial charge in [-0.1, -0.05) is 0 Å². The molecule has 0 bridgehead atoms. The summed E-state index contributed by atoms with van der Waals surface area (Å²) in [6.07, 6.45) is 7.90. The number of nitrogens with zero attached hydrogens (tertiary/aromatic N) is 1. The maximum absolute atomic E-state index is 12.4. The second-order valence-electron chi connectivity index (χ2n) is 4.61. The summed E-state index contributed by atoms with van der Waals surface area (Å²) in [5.74, 6) is 0. The monoisotopic (exact) mass is 301 g/mol. The van der Waals surface area contributed by atoms with Crippen molar-refractivity contribution in [1.82, 2.24) is 9.71 Å². The van der Waals surface area contributed by atoms with E-state index < -0.39 is 10.0 Å². The quantitative estimate of drug-likeness (QED) is 0.866. The lowest BCUT2D eigenvalue weighted by Crippen LogP contribution is -2.33. The summed E-state index contributed by atoms with van der Waals surface area (Å²) in [6.45, 7) is 0. The van der Waals surface area contributed by atoms with Crippen molar-refractivity contribution in [1.29, 1.82) is 0 Å². The van der Waals surface area contributed by atoms with Gasteiger partial charge in [0, 0.05) is 30.7 Å². The zero-order valence-electron chi connectivity index (χ0n) is 11.1. The van der Waals surface area contributed by atoms with E-state index in [0.717, 1.165) is 19.3 Å². The van der Waals surface area contributed by atoms with Gasteiger partial charge >= 0.3 is 0 Å². The number of thioether (sulfide) groups is 1. The second kappa shape index (κ2) is 6.11. The van der Waals surface area contributed by atoms with E-state index in [4.69, 9.17) is 0 Å². The van der Waals surface area contributed by atoms with E-state index in [1.165, 1.54) is 6.20 Å². The molecular formula is C12H19N3O2S2. The summed E-state index contributed by atoms with van der Waals surface area (Å²) >= 11 is 1.81. The van der Waals surface area contributed by atoms with Crippen molar-refractivity contribution in [3.63, 3.8) is 0 Å². The highest BCUT2D eigenvalue weighted by molar-refractivity contribution is 7.99. The summed E-state index contributed by atoms with van der Waals surface area (Å²) in [6, 6.07) is 1.70. The molecule has 2 unspecified atom stereocenters. The minimum Gasteiger partial charge on any atom is -0.387 e. The first-order valence-corrected chi connectivity index (χ1v) is 9.01. The van der Waals surface area contributed by atoms with Crippen molar-refractivity contribution in [2.24, 2.45) is 0 Å². The highest BCUT2D eigenvalue weighted by atomic mass is 32.2. The number of anilines is 1. The first-order chi connectivity index (χ1) is 9.06. The van der Waals surface area contributed by atoms with E-state index in [0.29, 0.717) is 10.9 Å². The molecule has 106 valence electrons. The van der Waals surface area contributed by atoms with Crippen LogP contribution in [0.2, 0.25) is 0 Å². The van der Waals surface area contributed by atoms with Crippen LogP contribution in [0.1, 0.15) is 19.3 Å². The van der Waals surface area contributed by atoms with Crippen LogP contribution < -0.4 is 10.0 Å². The molecule has 5 nitrogen and oxygen atoms in total. The number of hydrogen-bond donors (Lipinski definition) is 2. The predicted octanol–water partition coefficient (Wildman–Crippen LogP) is 1.69. The van der Waals surface area contributed by atoms with Gasteiger partial charge in [-0.2, -0.15) is 11.8 Å². The Morgan fingerprint density at radius 2 is 2.21 bits per heavy atom. The Kier molecular flexibility index (Phi) is 4.70. The van der Waals surface area contributed by atoms with E-state index in [2.05, 4.69) is 21.3 Å². The van der Waals surface area contributed by atoms with Crippen LogP contribution in [0.25, 0.3) is 0 Å². The molecule has 7 heteroatoms. The lowest BCUT2D eigenvalue weighted by Gasteiger charge is -2.15. The van der Waals surface area contributed by atoms with Crippen LogP contribution >= 0.6 is 11.8 Å². The number of hydrogen-bond acceptors (Lipinski definition) is 5. The topological polar surface area (TPSA) is 71.1 Å². The number of sulfonamides is 1. The van der Waals surface area contributed by atoms with E-state index in [9.17, 15) is 8.42 Å². The molecule has 0 amide bonds. The Morgan fingerprint density at radius 3 is 2.84 bits per heavy atom. The fourth-order valence-electron chi connectivity index (χ4n) is 2.34. The summed E-state index contributed by atoms with van der Waals surface area (Å²) in [7, 11) is -1.80. The third kappa shape index (κ3) is 3.40. The summed E-state index contributed by atoms with van der Waals surface area (Å²) in [5.41, 5.74) is 0.571. The van der Waals surface area contributed by atoms with Crippen LogP contribution in [0.15, 0.2) is 23.4 Å². The van der Waals surface area contributed by atoms with E-state index in [-0.39, 0.29) is 10.9 Å². The molecule has 19 heavy (non-hydrogen) atoms. The van der Waals surface area contributed by atoms with Gasteiger partial charge in [0.1, 0.15) is 4.90 Å². The van der Waals surface area contributed by atoms with Crippen LogP contribution in [0.3, 0.4) is 0 Å². The van der Waals surface area contributed by atoms with Crippen molar-refractivity contribution in [2.45, 2.75) is 35.4 Å². The average Bonchev–Trinajstić information content (AvgIpc) is 2.85. The van der Waals surface area contributed by atoms with Crippen LogP contribution in [0.4, 0.5) is 5.69 Å². The van der Waals surface area contributed by atoms with Gasteiger partial charge in [0.05, 0.1) is 5.69 Å². The molecule has 1 saturated carbocycles. The van der Waals surface area contributed by atoms with Gasteiger partial charge in [-0.25, -0.2) is 13.1 Å². The van der Waals surface area contributed by atoms with Gasteiger partial charge < -0.3 is 5.32 Å². The largest absolute Gasteiger partial charge is 0.387 e. The Hall–Kier alpha value is -0.790. The van der Waals surface area contributed by atoms with Gasteiger partial charge in [-0.3, -0.25) is 4.98 Å². The smallest absolute Gasteiger partial charge is 0.244 e. The first kappa shape index (κ1) is 14.6. The summed E-state index contributed by atoms with van der Waals surface area (Å²) < 4.78 is 27.5. The van der Waals surface area contributed by atoms with Gasteiger partial charge in [0.15, 0.2) is 0 Å². The molecule has 1 aromatic rings. The molecule has 1 aliphatic rings. The van der Waals surface area contributed by atoms with Gasteiger partial charge in [-0.15, -0.1) is 0 Å². The highest BCUT2D eigenvalue weighted by Crippen LogP contribution is 2.29. The Bertz CT molecular complexity index is 534. The van der Waals surface area contributed by atoms with Gasteiger partial charge in [0.2, 0.25) is 10.0 Å². The van der Waals surface area contributed by atoms with Crippen LogP contribution in [-0.4, -0.2) is 38.0 Å². The zero-order chi connectivity index (χ0) is 13.9. The Balaban J connectivity index is 2.15. The second-order valence-corrected chi connectivity index (χ2v) is 7.43. The molecule has 1 aliphatic carbocycles. The van der Waals surface area contributed by atoms with E-state index in [1.54, 1.807) is 31.1 Å². The number of rotatable bonds is 5. The van der Waals surface area contributed by atoms with E-state index >= 15 is 0 Å². The molecule has 2 N–H and O–H groups in total. The van der Waals surface area contributed by atoms with Crippen LogP contribution in [0.5, 0.6) is 0 Å². The fourth-order valence-corrected chi connectivity index (χ4v) is 4.58. The highest BCUT2D eigenvalue weighted by Gasteiger charge is 2.29. The lowest BCUT2D eigenvalue weighted by atomic mass is 10.3. The zero-order valence-corrected chi connectivity index (χ0v) is 12.7. The maximum atomic E-state index is 12.4. The fraction of sp³-hybridized carbons (Fsp3) is 0.583. The standard InChI is InChI=1S/C12H19N3O2S2/c1-13-11-5-6-14-8-12(11)19(16,17)15-9-3-4-10(7-9)18-2/h5-6,8-10,15H,3-4,7H2,1-2H3,(H,13,14). The summed E-state index contributed by atoms with van der Waals surface area (Å²) in [4.78, 5) is 4.12. The van der Waals surface area contributed by atoms with Gasteiger partial charge in [-0.05, 0) is 31.6 Å². The maximum Gasteiger partial charge on any atom is 0.244 e. The minimum atomic E-state index is -3.50. The third-order valence-electron chi connectivity index (χ3n) is 3.38. The van der Waals surface area contributed by atoms with E-state index in [1.807, 2.05) is 0 Å². The molecule has 2 atom stereocenters. The molecule has 2 rings (SSSR count).